The summed E-state index contributed by atoms with van der Waals surface area (Å²) < 4.78 is 13.1. The average molecular weight is 279 g/mol. The molecule has 3 unspecified atom stereocenters. The Labute approximate surface area is 121 Å². The van der Waals surface area contributed by atoms with Crippen molar-refractivity contribution in [2.45, 2.75) is 59.2 Å². The van der Waals surface area contributed by atoms with E-state index in [0.29, 0.717) is 0 Å². The maximum Gasteiger partial charge on any atom is 0.123 e. The van der Waals surface area contributed by atoms with E-state index < -0.39 is 0 Å². The van der Waals surface area contributed by atoms with Crippen LogP contribution in [0.25, 0.3) is 0 Å². The van der Waals surface area contributed by atoms with Gasteiger partial charge in [0, 0.05) is 17.5 Å². The van der Waals surface area contributed by atoms with Gasteiger partial charge in [-0.1, -0.05) is 46.8 Å². The summed E-state index contributed by atoms with van der Waals surface area (Å²) in [5.74, 6) is -0.208. The largest absolute Gasteiger partial charge is 0.392 e. The molecule has 1 aliphatic carbocycles. The molecule has 0 radical (unpaired) electrons. The highest BCUT2D eigenvalue weighted by molar-refractivity contribution is 5.22. The number of hydrogen-bond acceptors (Lipinski definition) is 2. The van der Waals surface area contributed by atoms with Crippen LogP contribution in [0.5, 0.6) is 0 Å². The van der Waals surface area contributed by atoms with Crippen molar-refractivity contribution >= 4 is 0 Å². The van der Waals surface area contributed by atoms with Crippen LogP contribution in [-0.4, -0.2) is 17.3 Å². The lowest BCUT2D eigenvalue weighted by molar-refractivity contribution is -0.0802. The van der Waals surface area contributed by atoms with E-state index in [1.54, 1.807) is 0 Å². The Kier molecular flexibility index (Phi) is 3.96. The zero-order valence-corrected chi connectivity index (χ0v) is 13.1. The standard InChI is InChI=1S/C17H26FNO/c1-16(2,3)15(11-6-8-12(18)9-7-11)19-13-10-14(20)17(13,4)5/h6-9,13-15,19-20H,10H2,1-5H3. The Morgan fingerprint density at radius 3 is 2.20 bits per heavy atom. The summed E-state index contributed by atoms with van der Waals surface area (Å²) in [7, 11) is 0. The lowest BCUT2D eigenvalue weighted by Gasteiger charge is -2.52. The topological polar surface area (TPSA) is 32.3 Å². The third kappa shape index (κ3) is 2.89. The first kappa shape index (κ1) is 15.5. The van der Waals surface area contributed by atoms with Crippen molar-refractivity contribution in [3.8, 4) is 0 Å². The predicted molar refractivity (Wildman–Crippen MR) is 79.9 cm³/mol. The molecule has 20 heavy (non-hydrogen) atoms. The van der Waals surface area contributed by atoms with Crippen LogP contribution >= 0.6 is 0 Å². The summed E-state index contributed by atoms with van der Waals surface area (Å²) in [4.78, 5) is 0. The monoisotopic (exact) mass is 279 g/mol. The molecule has 2 N–H and O–H groups in total. The fourth-order valence-corrected chi connectivity index (χ4v) is 2.89. The highest BCUT2D eigenvalue weighted by Crippen LogP contribution is 2.44. The van der Waals surface area contributed by atoms with Gasteiger partial charge < -0.3 is 10.4 Å². The second-order valence-corrected chi connectivity index (χ2v) is 7.64. The van der Waals surface area contributed by atoms with E-state index in [2.05, 4.69) is 39.9 Å². The molecule has 2 rings (SSSR count). The molecule has 0 bridgehead atoms. The van der Waals surface area contributed by atoms with Crippen molar-refractivity contribution in [3.05, 3.63) is 35.6 Å². The molecule has 0 aliphatic heterocycles. The van der Waals surface area contributed by atoms with E-state index >= 15 is 0 Å². The Balaban J connectivity index is 2.20. The molecule has 0 saturated heterocycles. The van der Waals surface area contributed by atoms with Gasteiger partial charge in [0.2, 0.25) is 0 Å². The second-order valence-electron chi connectivity index (χ2n) is 7.64. The average Bonchev–Trinajstić information content (AvgIpc) is 2.34. The van der Waals surface area contributed by atoms with Gasteiger partial charge in [0.15, 0.2) is 0 Å². The van der Waals surface area contributed by atoms with Crippen LogP contribution in [0.4, 0.5) is 4.39 Å². The van der Waals surface area contributed by atoms with E-state index in [0.717, 1.165) is 12.0 Å². The zero-order valence-electron chi connectivity index (χ0n) is 13.1. The first-order chi connectivity index (χ1) is 9.12. The molecule has 1 aromatic rings. The number of aliphatic hydroxyl groups excluding tert-OH is 1. The molecule has 1 fully saturated rings. The molecular weight excluding hydrogens is 253 g/mol. The molecule has 0 amide bonds. The second kappa shape index (κ2) is 5.12. The van der Waals surface area contributed by atoms with Gasteiger partial charge in [-0.3, -0.25) is 0 Å². The quantitative estimate of drug-likeness (QED) is 0.885. The normalized spacial score (nSPS) is 26.9. The van der Waals surface area contributed by atoms with Gasteiger partial charge in [-0.2, -0.15) is 0 Å². The van der Waals surface area contributed by atoms with Crippen molar-refractivity contribution in [1.29, 1.82) is 0 Å². The first-order valence-electron chi connectivity index (χ1n) is 7.32. The minimum absolute atomic E-state index is 0.0223. The van der Waals surface area contributed by atoms with E-state index in [4.69, 9.17) is 0 Å². The van der Waals surface area contributed by atoms with E-state index in [-0.39, 0.29) is 34.8 Å². The van der Waals surface area contributed by atoms with Gasteiger partial charge in [0.1, 0.15) is 5.82 Å². The molecule has 3 atom stereocenters. The number of hydrogen-bond donors (Lipinski definition) is 2. The molecule has 2 nitrogen and oxygen atoms in total. The third-order valence-corrected chi connectivity index (χ3v) is 4.65. The van der Waals surface area contributed by atoms with Crippen LogP contribution in [-0.2, 0) is 0 Å². The maximum absolute atomic E-state index is 13.1. The van der Waals surface area contributed by atoms with Gasteiger partial charge in [0.25, 0.3) is 0 Å². The van der Waals surface area contributed by atoms with Crippen LogP contribution in [0.3, 0.4) is 0 Å². The zero-order chi connectivity index (χ0) is 15.1. The Morgan fingerprint density at radius 2 is 1.80 bits per heavy atom. The summed E-state index contributed by atoms with van der Waals surface area (Å²) in [6.45, 7) is 10.7. The van der Waals surface area contributed by atoms with Crippen LogP contribution < -0.4 is 5.32 Å². The predicted octanol–water partition coefficient (Wildman–Crippen LogP) is 3.66. The minimum Gasteiger partial charge on any atom is -0.392 e. The molecule has 0 aromatic heterocycles. The molecule has 3 heteroatoms. The van der Waals surface area contributed by atoms with E-state index in [1.165, 1.54) is 12.1 Å². The lowest BCUT2D eigenvalue weighted by Crippen LogP contribution is -2.61. The van der Waals surface area contributed by atoms with E-state index in [1.807, 2.05) is 12.1 Å². The van der Waals surface area contributed by atoms with Crippen LogP contribution in [0, 0.1) is 16.6 Å². The summed E-state index contributed by atoms with van der Waals surface area (Å²) in [5, 5.41) is 13.5. The summed E-state index contributed by atoms with van der Waals surface area (Å²) >= 11 is 0. The van der Waals surface area contributed by atoms with Crippen molar-refractivity contribution < 1.29 is 9.50 Å². The minimum atomic E-state index is -0.242. The Hall–Kier alpha value is -0.930. The Bertz CT molecular complexity index is 461. The van der Waals surface area contributed by atoms with Gasteiger partial charge in [-0.25, -0.2) is 4.39 Å². The number of rotatable bonds is 3. The number of benzene rings is 1. The van der Waals surface area contributed by atoms with Gasteiger partial charge in [-0.15, -0.1) is 0 Å². The smallest absolute Gasteiger partial charge is 0.123 e. The van der Waals surface area contributed by atoms with Crippen molar-refractivity contribution in [1.82, 2.24) is 5.32 Å². The highest BCUT2D eigenvalue weighted by Gasteiger charge is 2.48. The number of nitrogens with one attached hydrogen (secondary N) is 1. The number of aliphatic hydroxyl groups is 1. The summed E-state index contributed by atoms with van der Waals surface area (Å²) in [6.07, 6.45) is 0.537. The van der Waals surface area contributed by atoms with Crippen LogP contribution in [0.1, 0.15) is 52.6 Å². The maximum atomic E-state index is 13.1. The van der Waals surface area contributed by atoms with Crippen LogP contribution in [0.2, 0.25) is 0 Å². The molecule has 1 aromatic carbocycles. The fraction of sp³-hybridized carbons (Fsp3) is 0.647. The Morgan fingerprint density at radius 1 is 1.25 bits per heavy atom. The van der Waals surface area contributed by atoms with Crippen molar-refractivity contribution in [3.63, 3.8) is 0 Å². The molecule has 1 aliphatic rings. The molecule has 1 saturated carbocycles. The fourth-order valence-electron chi connectivity index (χ4n) is 2.89. The van der Waals surface area contributed by atoms with E-state index in [9.17, 15) is 9.50 Å². The van der Waals surface area contributed by atoms with Crippen molar-refractivity contribution in [2.24, 2.45) is 10.8 Å². The summed E-state index contributed by atoms with van der Waals surface area (Å²) in [5.41, 5.74) is 1.01. The van der Waals surface area contributed by atoms with Crippen LogP contribution in [0.15, 0.2) is 24.3 Å². The van der Waals surface area contributed by atoms with Gasteiger partial charge in [0.05, 0.1) is 6.10 Å². The third-order valence-electron chi connectivity index (χ3n) is 4.65. The lowest BCUT2D eigenvalue weighted by atomic mass is 9.64. The highest BCUT2D eigenvalue weighted by atomic mass is 19.1. The molecule has 0 spiro atoms. The molecular formula is C17H26FNO. The SMILES string of the molecule is CC(C)(C)C(NC1CC(O)C1(C)C)c1ccc(F)cc1. The number of halogens is 1. The molecule has 112 valence electrons. The first-order valence-corrected chi connectivity index (χ1v) is 7.32. The summed E-state index contributed by atoms with van der Waals surface area (Å²) in [6, 6.07) is 7.14. The van der Waals surface area contributed by atoms with Crippen molar-refractivity contribution in [2.75, 3.05) is 0 Å². The van der Waals surface area contributed by atoms with Gasteiger partial charge in [-0.05, 0) is 29.5 Å². The molecule has 0 heterocycles. The van der Waals surface area contributed by atoms with Gasteiger partial charge >= 0.3 is 0 Å².